The van der Waals surface area contributed by atoms with Gasteiger partial charge in [0.1, 0.15) is 41.6 Å². The number of nitrogens with one attached hydrogen (secondary N) is 1. The van der Waals surface area contributed by atoms with E-state index in [0.717, 1.165) is 0 Å². The van der Waals surface area contributed by atoms with Crippen LogP contribution in [0.2, 0.25) is 0 Å². The van der Waals surface area contributed by atoms with E-state index in [4.69, 9.17) is 33.7 Å². The van der Waals surface area contributed by atoms with Crippen molar-refractivity contribution in [2.24, 2.45) is 0 Å². The van der Waals surface area contributed by atoms with Gasteiger partial charge in [0.15, 0.2) is 5.82 Å². The number of carbonyl (C=O) groups is 1. The summed E-state index contributed by atoms with van der Waals surface area (Å²) in [6.45, 7) is 6.88. The molecule has 0 saturated heterocycles. The zero-order valence-corrected chi connectivity index (χ0v) is 25.6. The van der Waals surface area contributed by atoms with E-state index in [1.807, 2.05) is 0 Å². The number of benzene rings is 1. The molecule has 3 rings (SSSR count). The molecule has 0 radical (unpaired) electrons. The lowest BCUT2D eigenvalue weighted by Gasteiger charge is -2.34. The van der Waals surface area contributed by atoms with Crippen LogP contribution in [-0.2, 0) is 34.5 Å². The number of hydrogen-bond donors (Lipinski definition) is 3. The molecule has 2 heterocycles. The topological polar surface area (TPSA) is 178 Å². The molecule has 0 bridgehead atoms. The third kappa shape index (κ3) is 8.87. The Morgan fingerprint density at radius 2 is 1.81 bits per heavy atom. The molecule has 2 aromatic heterocycles. The molecular formula is C27H40N5O9P. The zero-order valence-electron chi connectivity index (χ0n) is 24.7. The summed E-state index contributed by atoms with van der Waals surface area (Å²) in [5.74, 6) is 0.394. The minimum atomic E-state index is -4.25. The number of nitrogen functional groups attached to an aromatic ring is 1. The van der Waals surface area contributed by atoms with E-state index in [2.05, 4.69) is 15.2 Å². The molecule has 15 heteroatoms. The van der Waals surface area contributed by atoms with E-state index in [-0.39, 0.29) is 24.9 Å². The second-order valence-electron chi connectivity index (χ2n) is 10.0. The van der Waals surface area contributed by atoms with Gasteiger partial charge >= 0.3 is 13.7 Å². The molecule has 0 aliphatic heterocycles. The van der Waals surface area contributed by atoms with Gasteiger partial charge in [0.05, 0.1) is 25.4 Å². The van der Waals surface area contributed by atoms with Gasteiger partial charge in [-0.05, 0) is 64.1 Å². The molecule has 4 atom stereocenters. The summed E-state index contributed by atoms with van der Waals surface area (Å²) in [5.41, 5.74) is 5.80. The molecule has 232 valence electrons. The van der Waals surface area contributed by atoms with Crippen molar-refractivity contribution in [2.45, 2.75) is 58.0 Å². The number of rotatable bonds is 17. The highest BCUT2D eigenvalue weighted by molar-refractivity contribution is 7.52. The van der Waals surface area contributed by atoms with E-state index in [1.54, 1.807) is 68.8 Å². The predicted octanol–water partition coefficient (Wildman–Crippen LogP) is 2.78. The van der Waals surface area contributed by atoms with Gasteiger partial charge in [0.2, 0.25) is 0 Å². The Balaban J connectivity index is 1.78. The molecule has 0 aliphatic rings. The number of aliphatic hydroxyl groups excluding tert-OH is 1. The zero-order chi connectivity index (χ0) is 30.9. The number of fused-ring (bicyclic) bond motifs is 1. The summed E-state index contributed by atoms with van der Waals surface area (Å²) < 4.78 is 48.5. The van der Waals surface area contributed by atoms with Crippen molar-refractivity contribution in [2.75, 3.05) is 39.8 Å². The lowest BCUT2D eigenvalue weighted by atomic mass is 9.96. The fourth-order valence-corrected chi connectivity index (χ4v) is 5.36. The highest BCUT2D eigenvalue weighted by Gasteiger charge is 2.40. The van der Waals surface area contributed by atoms with Crippen LogP contribution in [-0.4, -0.2) is 83.6 Å². The van der Waals surface area contributed by atoms with Gasteiger partial charge in [-0.25, -0.2) is 14.1 Å². The smallest absolute Gasteiger partial charge is 0.459 e. The number of anilines is 1. The average molecular weight is 610 g/mol. The van der Waals surface area contributed by atoms with Gasteiger partial charge in [-0.3, -0.25) is 9.32 Å². The normalized spacial score (nSPS) is 16.0. The van der Waals surface area contributed by atoms with Gasteiger partial charge in [0.25, 0.3) is 0 Å². The molecule has 1 aromatic carbocycles. The molecule has 0 amide bonds. The first-order valence-corrected chi connectivity index (χ1v) is 14.9. The number of aromatic nitrogens is 3. The lowest BCUT2D eigenvalue weighted by Crippen LogP contribution is -2.47. The third-order valence-corrected chi connectivity index (χ3v) is 7.94. The molecule has 3 aromatic rings. The maximum absolute atomic E-state index is 14.0. The highest BCUT2D eigenvalue weighted by atomic mass is 31.2. The van der Waals surface area contributed by atoms with Crippen LogP contribution in [0, 0.1) is 0 Å². The largest absolute Gasteiger partial charge is 0.491 e. The van der Waals surface area contributed by atoms with Crippen LogP contribution in [0.5, 0.6) is 11.5 Å². The molecule has 0 aliphatic carbocycles. The van der Waals surface area contributed by atoms with Crippen LogP contribution in [0.15, 0.2) is 42.7 Å². The summed E-state index contributed by atoms with van der Waals surface area (Å²) in [6, 6.07) is 8.82. The first kappa shape index (κ1) is 33.2. The molecule has 0 fully saturated rings. The molecule has 14 nitrogen and oxygen atoms in total. The number of aliphatic hydroxyl groups is 1. The van der Waals surface area contributed by atoms with E-state index in [1.165, 1.54) is 20.4 Å². The van der Waals surface area contributed by atoms with Crippen LogP contribution in [0.3, 0.4) is 0 Å². The van der Waals surface area contributed by atoms with Crippen LogP contribution in [0.25, 0.3) is 5.52 Å². The predicted molar refractivity (Wildman–Crippen MR) is 154 cm³/mol. The van der Waals surface area contributed by atoms with Crippen molar-refractivity contribution in [1.29, 1.82) is 0 Å². The Hall–Kier alpha value is -3.26. The minimum absolute atomic E-state index is 0.0958. The number of ether oxygens (including phenoxy) is 4. The maximum atomic E-state index is 14.0. The van der Waals surface area contributed by atoms with E-state index in [9.17, 15) is 14.5 Å². The molecule has 42 heavy (non-hydrogen) atoms. The summed E-state index contributed by atoms with van der Waals surface area (Å²) in [6.07, 6.45) is -0.110. The Labute approximate surface area is 245 Å². The average Bonchev–Trinajstić information content (AvgIpc) is 3.36. The molecule has 1 unspecified atom stereocenters. The first-order valence-electron chi connectivity index (χ1n) is 13.3. The van der Waals surface area contributed by atoms with Crippen LogP contribution in [0.1, 0.15) is 33.4 Å². The molecular weight excluding hydrogens is 569 g/mol. The number of hydrogen-bond acceptors (Lipinski definition) is 12. The number of methoxy groups -OCH3 is 2. The van der Waals surface area contributed by atoms with Gasteiger partial charge in [-0.2, -0.15) is 10.2 Å². The Morgan fingerprint density at radius 3 is 2.45 bits per heavy atom. The second kappa shape index (κ2) is 14.8. The van der Waals surface area contributed by atoms with Crippen molar-refractivity contribution in [3.05, 3.63) is 48.4 Å². The van der Waals surface area contributed by atoms with Crippen molar-refractivity contribution < 1.29 is 42.5 Å². The van der Waals surface area contributed by atoms with E-state index >= 15 is 0 Å². The Kier molecular flexibility index (Phi) is 11.7. The Morgan fingerprint density at radius 1 is 1.12 bits per heavy atom. The number of nitrogens with zero attached hydrogens (tertiary/aromatic N) is 3. The van der Waals surface area contributed by atoms with Gasteiger partial charge < -0.3 is 34.3 Å². The van der Waals surface area contributed by atoms with Crippen LogP contribution >= 0.6 is 7.75 Å². The highest BCUT2D eigenvalue weighted by Crippen LogP contribution is 2.46. The van der Waals surface area contributed by atoms with Gasteiger partial charge in [-0.1, -0.05) is 0 Å². The first-order chi connectivity index (χ1) is 19.9. The monoisotopic (exact) mass is 609 g/mol. The number of carbonyl (C=O) groups excluding carboxylic acids is 1. The van der Waals surface area contributed by atoms with Crippen LogP contribution in [0.4, 0.5) is 5.82 Å². The standard InChI is InChI=1S/C27H40N5O9P/c1-18(2)40-26(34)19(3)31-42(35,41-22-10-8-21(9-11-22)38-14-13-36-5)39-16-27(4,37-6)24(33)15-20-7-12-23-25(28)29-17-30-32(20)23/h7-12,17-19,24,33H,13-16H2,1-6H3,(H,31,35)(H2,28,29,30)/t19-,24-,27+,42?/m0/s1. The molecule has 0 saturated carbocycles. The lowest BCUT2D eigenvalue weighted by molar-refractivity contribution is -0.149. The van der Waals surface area contributed by atoms with E-state index < -0.39 is 31.5 Å². The van der Waals surface area contributed by atoms with Crippen LogP contribution < -0.4 is 20.1 Å². The summed E-state index contributed by atoms with van der Waals surface area (Å²) >= 11 is 0. The van der Waals surface area contributed by atoms with E-state index in [0.29, 0.717) is 36.0 Å². The SMILES string of the molecule is COCCOc1ccc(OP(=O)(N[C@@H](C)C(=O)OC(C)C)OC[C@@](C)(OC)[C@@H](O)Cc2ccc3c(N)ncnn23)cc1. The van der Waals surface area contributed by atoms with Gasteiger partial charge in [-0.15, -0.1) is 0 Å². The summed E-state index contributed by atoms with van der Waals surface area (Å²) in [5, 5.41) is 18.0. The van der Waals surface area contributed by atoms with Gasteiger partial charge in [0, 0.05) is 26.3 Å². The fraction of sp³-hybridized carbons (Fsp3) is 0.519. The Bertz CT molecular complexity index is 1350. The van der Waals surface area contributed by atoms with Crippen molar-refractivity contribution in [3.63, 3.8) is 0 Å². The number of nitrogens with two attached hydrogens (primary N) is 1. The van der Waals surface area contributed by atoms with Crippen molar-refractivity contribution in [3.8, 4) is 11.5 Å². The molecule has 4 N–H and O–H groups in total. The maximum Gasteiger partial charge on any atom is 0.459 e. The number of esters is 1. The van der Waals surface area contributed by atoms with Crippen molar-refractivity contribution in [1.82, 2.24) is 19.7 Å². The minimum Gasteiger partial charge on any atom is -0.491 e. The fourth-order valence-electron chi connectivity index (χ4n) is 3.77. The second-order valence-corrected chi connectivity index (χ2v) is 11.7. The quantitative estimate of drug-likeness (QED) is 0.116. The third-order valence-electron chi connectivity index (χ3n) is 6.32. The summed E-state index contributed by atoms with van der Waals surface area (Å²) in [7, 11) is -1.28. The summed E-state index contributed by atoms with van der Waals surface area (Å²) in [4.78, 5) is 16.5. The molecule has 0 spiro atoms. The van der Waals surface area contributed by atoms with Crippen molar-refractivity contribution >= 4 is 25.1 Å².